The van der Waals surface area contributed by atoms with Crippen LogP contribution in [-0.4, -0.2) is 64.5 Å². The molecule has 0 aliphatic carbocycles. The monoisotopic (exact) mass is 326 g/mol. The average molecular weight is 326 g/mol. The van der Waals surface area contributed by atoms with Gasteiger partial charge in [0.25, 0.3) is 0 Å². The molecule has 0 fully saturated rings. The highest BCUT2D eigenvalue weighted by Crippen LogP contribution is 2.45. The van der Waals surface area contributed by atoms with Crippen molar-refractivity contribution in [3.8, 4) is 0 Å². The van der Waals surface area contributed by atoms with E-state index in [4.69, 9.17) is 4.74 Å². The molecule has 0 amide bonds. The number of fused-ring (bicyclic) bond motifs is 2. The molecule has 0 aromatic rings. The summed E-state index contributed by atoms with van der Waals surface area (Å²) in [7, 11) is 4.44. The van der Waals surface area contributed by atoms with E-state index in [2.05, 4.69) is 18.9 Å². The maximum atomic E-state index is 12.0. The fourth-order valence-electron chi connectivity index (χ4n) is 2.57. The lowest BCUT2D eigenvalue weighted by atomic mass is 9.85. The first-order valence-corrected chi connectivity index (χ1v) is 6.39. The van der Waals surface area contributed by atoms with E-state index in [0.29, 0.717) is 0 Å². The SMILES string of the molecule is COC(=O)C1=C(C(=O)OC)C2OC1C(C(=O)OC)=C2C(=O)OC. The molecule has 2 aliphatic rings. The Morgan fingerprint density at radius 3 is 1.00 bits per heavy atom. The number of hydrogen-bond donors (Lipinski definition) is 0. The van der Waals surface area contributed by atoms with Crippen LogP contribution >= 0.6 is 0 Å². The van der Waals surface area contributed by atoms with Gasteiger partial charge in [-0.2, -0.15) is 0 Å². The molecule has 2 bridgehead atoms. The summed E-state index contributed by atoms with van der Waals surface area (Å²) in [6.07, 6.45) is -2.52. The van der Waals surface area contributed by atoms with E-state index < -0.39 is 36.1 Å². The van der Waals surface area contributed by atoms with Crippen molar-refractivity contribution in [1.29, 1.82) is 0 Å². The lowest BCUT2D eigenvalue weighted by Gasteiger charge is -2.17. The number of esters is 4. The molecule has 2 heterocycles. The van der Waals surface area contributed by atoms with Crippen molar-refractivity contribution in [1.82, 2.24) is 0 Å². The Morgan fingerprint density at radius 2 is 0.826 bits per heavy atom. The first-order chi connectivity index (χ1) is 10.9. The maximum absolute atomic E-state index is 12.0. The van der Waals surface area contributed by atoms with E-state index in [1.165, 1.54) is 0 Å². The summed E-state index contributed by atoms with van der Waals surface area (Å²) >= 11 is 0. The van der Waals surface area contributed by atoms with E-state index in [1.807, 2.05) is 0 Å². The number of hydrogen-bond acceptors (Lipinski definition) is 9. The third-order valence-electron chi connectivity index (χ3n) is 3.52. The Balaban J connectivity index is 2.64. The van der Waals surface area contributed by atoms with Crippen LogP contribution in [0, 0.1) is 0 Å². The number of methoxy groups -OCH3 is 4. The van der Waals surface area contributed by atoms with Crippen LogP contribution < -0.4 is 0 Å². The molecule has 0 spiro atoms. The molecule has 0 N–H and O–H groups in total. The fraction of sp³-hybridized carbons (Fsp3) is 0.429. The zero-order chi connectivity index (χ0) is 17.3. The topological polar surface area (TPSA) is 114 Å². The Labute approximate surface area is 130 Å². The van der Waals surface area contributed by atoms with Crippen LogP contribution in [0.15, 0.2) is 22.3 Å². The van der Waals surface area contributed by atoms with Crippen LogP contribution in [-0.2, 0) is 42.9 Å². The Hall–Kier alpha value is -2.68. The van der Waals surface area contributed by atoms with Gasteiger partial charge in [-0.3, -0.25) is 0 Å². The number of ether oxygens (including phenoxy) is 5. The second-order valence-corrected chi connectivity index (χ2v) is 4.52. The minimum atomic E-state index is -1.26. The molecule has 9 heteroatoms. The molecule has 0 unspecified atom stereocenters. The highest BCUT2D eigenvalue weighted by atomic mass is 16.6. The quantitative estimate of drug-likeness (QED) is 0.476. The normalized spacial score (nSPS) is 22.1. The van der Waals surface area contributed by atoms with Crippen molar-refractivity contribution in [2.45, 2.75) is 12.2 Å². The van der Waals surface area contributed by atoms with Crippen molar-refractivity contribution < 1.29 is 42.9 Å². The van der Waals surface area contributed by atoms with Crippen molar-refractivity contribution in [2.24, 2.45) is 0 Å². The van der Waals surface area contributed by atoms with Gasteiger partial charge in [-0.1, -0.05) is 0 Å². The molecular weight excluding hydrogens is 312 g/mol. The van der Waals surface area contributed by atoms with Crippen LogP contribution in [0.1, 0.15) is 0 Å². The molecule has 0 saturated heterocycles. The largest absolute Gasteiger partial charge is 0.466 e. The van der Waals surface area contributed by atoms with E-state index >= 15 is 0 Å². The van der Waals surface area contributed by atoms with Gasteiger partial charge in [0.1, 0.15) is 12.2 Å². The summed E-state index contributed by atoms with van der Waals surface area (Å²) in [6.45, 7) is 0. The molecule has 9 nitrogen and oxygen atoms in total. The van der Waals surface area contributed by atoms with Gasteiger partial charge in [-0.05, 0) is 0 Å². The molecule has 23 heavy (non-hydrogen) atoms. The summed E-state index contributed by atoms with van der Waals surface area (Å²) in [5.74, 6) is -3.49. The zero-order valence-corrected chi connectivity index (χ0v) is 12.8. The van der Waals surface area contributed by atoms with E-state index in [0.717, 1.165) is 28.4 Å². The van der Waals surface area contributed by atoms with Gasteiger partial charge in [0.05, 0.1) is 50.7 Å². The minimum Gasteiger partial charge on any atom is -0.466 e. The average Bonchev–Trinajstić information content (AvgIpc) is 3.14. The Kier molecular flexibility index (Phi) is 4.50. The third kappa shape index (κ3) is 2.38. The molecule has 0 atom stereocenters. The first-order valence-electron chi connectivity index (χ1n) is 6.39. The molecule has 0 saturated carbocycles. The predicted molar refractivity (Wildman–Crippen MR) is 70.8 cm³/mol. The fourth-order valence-corrected chi connectivity index (χ4v) is 2.57. The summed E-state index contributed by atoms with van der Waals surface area (Å²) in [6, 6.07) is 0. The number of carbonyl (C=O) groups excluding carboxylic acids is 4. The van der Waals surface area contributed by atoms with Crippen LogP contribution in [0.25, 0.3) is 0 Å². The van der Waals surface area contributed by atoms with Gasteiger partial charge in [-0.15, -0.1) is 0 Å². The van der Waals surface area contributed by atoms with Gasteiger partial charge in [0, 0.05) is 0 Å². The van der Waals surface area contributed by atoms with Crippen molar-refractivity contribution >= 4 is 23.9 Å². The lowest BCUT2D eigenvalue weighted by molar-refractivity contribution is -0.141. The van der Waals surface area contributed by atoms with E-state index in [1.54, 1.807) is 0 Å². The predicted octanol–water partition coefficient (Wildman–Crippen LogP) is -0.947. The second-order valence-electron chi connectivity index (χ2n) is 4.52. The molecule has 2 rings (SSSR count). The zero-order valence-electron chi connectivity index (χ0n) is 12.8. The second kappa shape index (κ2) is 6.21. The Bertz CT molecular complexity index is 547. The lowest BCUT2D eigenvalue weighted by Crippen LogP contribution is -2.31. The van der Waals surface area contributed by atoms with Crippen molar-refractivity contribution in [3.63, 3.8) is 0 Å². The molecule has 0 aromatic carbocycles. The van der Waals surface area contributed by atoms with Crippen molar-refractivity contribution in [3.05, 3.63) is 22.3 Å². The summed E-state index contributed by atoms with van der Waals surface area (Å²) < 4.78 is 23.9. The standard InChI is InChI=1S/C14H14O9/c1-19-11(15)5-6(12(16)20-2)10-8(14(18)22-4)7(9(5)23-10)13(17)21-3/h9-10H,1-4H3. The van der Waals surface area contributed by atoms with Crippen LogP contribution in [0.2, 0.25) is 0 Å². The molecule has 0 aromatic heterocycles. The maximum Gasteiger partial charge on any atom is 0.337 e. The van der Waals surface area contributed by atoms with E-state index in [-0.39, 0.29) is 22.3 Å². The van der Waals surface area contributed by atoms with Crippen LogP contribution in [0.5, 0.6) is 0 Å². The minimum absolute atomic E-state index is 0.197. The number of carbonyl (C=O) groups is 4. The van der Waals surface area contributed by atoms with Gasteiger partial charge < -0.3 is 23.7 Å². The summed E-state index contributed by atoms with van der Waals surface area (Å²) in [4.78, 5) is 47.9. The van der Waals surface area contributed by atoms with E-state index in [9.17, 15) is 19.2 Å². The third-order valence-corrected chi connectivity index (χ3v) is 3.52. The van der Waals surface area contributed by atoms with Gasteiger partial charge in [-0.25, -0.2) is 19.2 Å². The van der Waals surface area contributed by atoms with Gasteiger partial charge in [0.2, 0.25) is 0 Å². The highest BCUT2D eigenvalue weighted by molar-refractivity contribution is 6.13. The van der Waals surface area contributed by atoms with Crippen molar-refractivity contribution in [2.75, 3.05) is 28.4 Å². The van der Waals surface area contributed by atoms with Crippen LogP contribution in [0.3, 0.4) is 0 Å². The first kappa shape index (κ1) is 16.7. The number of rotatable bonds is 4. The molecule has 2 aliphatic heterocycles. The van der Waals surface area contributed by atoms with Crippen LogP contribution in [0.4, 0.5) is 0 Å². The highest BCUT2D eigenvalue weighted by Gasteiger charge is 2.56. The summed E-state index contributed by atoms with van der Waals surface area (Å²) in [5.41, 5.74) is -0.787. The smallest absolute Gasteiger partial charge is 0.337 e. The molecule has 124 valence electrons. The Morgan fingerprint density at radius 1 is 0.609 bits per heavy atom. The van der Waals surface area contributed by atoms with Gasteiger partial charge in [0.15, 0.2) is 0 Å². The molecular formula is C14H14O9. The summed E-state index contributed by atoms with van der Waals surface area (Å²) in [5, 5.41) is 0. The van der Waals surface area contributed by atoms with Gasteiger partial charge >= 0.3 is 23.9 Å². The molecule has 0 radical (unpaired) electrons.